The molecule has 1 N–H and O–H groups in total. The van der Waals surface area contributed by atoms with Crippen LogP contribution in [0.1, 0.15) is 6.92 Å². The number of alkyl halides is 2. The normalized spacial score (nSPS) is 12.0. The Bertz CT molecular complexity index is 950. The summed E-state index contributed by atoms with van der Waals surface area (Å²) in [5.74, 6) is 0.235. The molecule has 1 heterocycles. The molecule has 0 aliphatic heterocycles. The molecule has 0 bridgehead atoms. The highest BCUT2D eigenvalue weighted by Gasteiger charge is 2.21. The predicted octanol–water partition coefficient (Wildman–Crippen LogP) is 4.20. The van der Waals surface area contributed by atoms with Gasteiger partial charge in [-0.1, -0.05) is 54.2 Å². The summed E-state index contributed by atoms with van der Waals surface area (Å²) >= 11 is 1.22. The number of hydrogen-bond acceptors (Lipinski definition) is 5. The Morgan fingerprint density at radius 1 is 1.11 bits per heavy atom. The third kappa shape index (κ3) is 4.66. The fourth-order valence-corrected chi connectivity index (χ4v) is 3.29. The van der Waals surface area contributed by atoms with E-state index in [2.05, 4.69) is 20.3 Å². The average molecular weight is 404 g/mol. The number of carbonyl (C=O) groups is 1. The van der Waals surface area contributed by atoms with Crippen molar-refractivity contribution in [2.75, 3.05) is 5.32 Å². The molecule has 1 amide bonds. The molecule has 3 aromatic rings. The van der Waals surface area contributed by atoms with E-state index in [0.717, 1.165) is 5.56 Å². The van der Waals surface area contributed by atoms with Gasteiger partial charge in [0.25, 0.3) is 0 Å². The molecule has 0 fully saturated rings. The molecule has 1 atom stereocenters. The summed E-state index contributed by atoms with van der Waals surface area (Å²) in [5, 5.41) is 11.0. The Hall–Kier alpha value is -2.94. The quantitative estimate of drug-likeness (QED) is 0.598. The van der Waals surface area contributed by atoms with Crippen LogP contribution in [-0.4, -0.2) is 32.5 Å². The van der Waals surface area contributed by atoms with E-state index in [9.17, 15) is 13.6 Å². The second kappa shape index (κ2) is 8.83. The van der Waals surface area contributed by atoms with Crippen LogP contribution in [0.5, 0.6) is 5.75 Å². The van der Waals surface area contributed by atoms with Gasteiger partial charge in [0.05, 0.1) is 10.9 Å². The zero-order valence-corrected chi connectivity index (χ0v) is 16.0. The van der Waals surface area contributed by atoms with Crippen molar-refractivity contribution >= 4 is 23.4 Å². The van der Waals surface area contributed by atoms with Crippen molar-refractivity contribution < 1.29 is 18.3 Å². The van der Waals surface area contributed by atoms with Crippen LogP contribution in [0.4, 0.5) is 14.5 Å². The minimum Gasteiger partial charge on any atom is -0.433 e. The predicted molar refractivity (Wildman–Crippen MR) is 103 cm³/mol. The molecule has 1 aromatic heterocycles. The molecule has 0 saturated carbocycles. The first-order valence-corrected chi connectivity index (χ1v) is 9.30. The second-order valence-electron chi connectivity index (χ2n) is 5.86. The molecular weight excluding hydrogens is 386 g/mol. The van der Waals surface area contributed by atoms with Gasteiger partial charge in [0.1, 0.15) is 5.75 Å². The lowest BCUT2D eigenvalue weighted by Gasteiger charge is -2.14. The van der Waals surface area contributed by atoms with Crippen molar-refractivity contribution in [3.63, 3.8) is 0 Å². The van der Waals surface area contributed by atoms with Crippen molar-refractivity contribution in [2.24, 2.45) is 7.05 Å². The number of nitrogens with zero attached hydrogens (tertiary/aromatic N) is 3. The van der Waals surface area contributed by atoms with Crippen molar-refractivity contribution in [2.45, 2.75) is 23.9 Å². The molecule has 0 saturated heterocycles. The lowest BCUT2D eigenvalue weighted by molar-refractivity contribution is -0.115. The molecule has 2 aromatic carbocycles. The molecule has 0 unspecified atom stereocenters. The molecule has 0 aliphatic rings. The van der Waals surface area contributed by atoms with Gasteiger partial charge in [-0.15, -0.1) is 10.2 Å². The first kappa shape index (κ1) is 19.8. The van der Waals surface area contributed by atoms with Crippen LogP contribution < -0.4 is 10.1 Å². The van der Waals surface area contributed by atoms with Gasteiger partial charge in [0, 0.05) is 12.6 Å². The number of carbonyl (C=O) groups excluding carboxylic acids is 1. The van der Waals surface area contributed by atoms with Crippen LogP contribution in [0, 0.1) is 0 Å². The fourth-order valence-electron chi connectivity index (χ4n) is 2.47. The summed E-state index contributed by atoms with van der Waals surface area (Å²) in [6.45, 7) is -1.27. The number of ether oxygens (including phenoxy) is 1. The topological polar surface area (TPSA) is 69.0 Å². The van der Waals surface area contributed by atoms with Gasteiger partial charge < -0.3 is 14.6 Å². The second-order valence-corrected chi connectivity index (χ2v) is 7.16. The number of para-hydroxylation sites is 2. The highest BCUT2D eigenvalue weighted by atomic mass is 32.2. The highest BCUT2D eigenvalue weighted by molar-refractivity contribution is 8.00. The number of hydrogen-bond donors (Lipinski definition) is 1. The zero-order chi connectivity index (χ0) is 20.1. The molecule has 0 spiro atoms. The van der Waals surface area contributed by atoms with Crippen molar-refractivity contribution in [3.8, 4) is 17.1 Å². The van der Waals surface area contributed by atoms with Crippen LogP contribution in [0.2, 0.25) is 0 Å². The van der Waals surface area contributed by atoms with Gasteiger partial charge in [-0.3, -0.25) is 4.79 Å². The standard InChI is InChI=1S/C19H18F2N4O2S/c1-12(17(26)22-14-10-6-7-11-15(14)27-18(20)21)28-19-24-23-16(25(19)2)13-8-4-3-5-9-13/h3-12,18H,1-2H3,(H,22,26)/t12-/m1/s1. The zero-order valence-electron chi connectivity index (χ0n) is 15.2. The lowest BCUT2D eigenvalue weighted by Crippen LogP contribution is -2.23. The maximum absolute atomic E-state index is 12.5. The highest BCUT2D eigenvalue weighted by Crippen LogP contribution is 2.29. The number of nitrogens with one attached hydrogen (secondary N) is 1. The molecule has 0 radical (unpaired) electrons. The number of benzene rings is 2. The van der Waals surface area contributed by atoms with Crippen LogP contribution >= 0.6 is 11.8 Å². The van der Waals surface area contributed by atoms with Crippen LogP contribution in [0.15, 0.2) is 59.8 Å². The van der Waals surface area contributed by atoms with Crippen molar-refractivity contribution in [1.29, 1.82) is 0 Å². The molecular formula is C19H18F2N4O2S. The Labute approximate surface area is 164 Å². The van der Waals surface area contributed by atoms with Gasteiger partial charge in [-0.2, -0.15) is 8.78 Å². The maximum Gasteiger partial charge on any atom is 0.387 e. The van der Waals surface area contributed by atoms with Gasteiger partial charge in [-0.05, 0) is 19.1 Å². The Morgan fingerprint density at radius 3 is 2.50 bits per heavy atom. The largest absolute Gasteiger partial charge is 0.433 e. The summed E-state index contributed by atoms with van der Waals surface area (Å²) in [6.07, 6.45) is 0. The number of amides is 1. The van der Waals surface area contributed by atoms with E-state index in [4.69, 9.17) is 0 Å². The van der Waals surface area contributed by atoms with Crippen LogP contribution in [0.25, 0.3) is 11.4 Å². The molecule has 146 valence electrons. The first-order chi connectivity index (χ1) is 13.5. The number of aromatic nitrogens is 3. The number of rotatable bonds is 7. The molecule has 0 aliphatic carbocycles. The summed E-state index contributed by atoms with van der Waals surface area (Å²) < 4.78 is 31.3. The van der Waals surface area contributed by atoms with Gasteiger partial charge >= 0.3 is 6.61 Å². The van der Waals surface area contributed by atoms with Crippen molar-refractivity contribution in [3.05, 3.63) is 54.6 Å². The van der Waals surface area contributed by atoms with Gasteiger partial charge in [0.15, 0.2) is 11.0 Å². The van der Waals surface area contributed by atoms with Crippen LogP contribution in [0.3, 0.4) is 0 Å². The van der Waals surface area contributed by atoms with E-state index in [0.29, 0.717) is 11.0 Å². The molecule has 3 rings (SSSR count). The third-order valence-corrected chi connectivity index (χ3v) is 5.01. The average Bonchev–Trinajstić information content (AvgIpc) is 3.04. The monoisotopic (exact) mass is 404 g/mol. The number of halogens is 2. The fraction of sp³-hybridized carbons (Fsp3) is 0.211. The minimum atomic E-state index is -2.97. The number of anilines is 1. The molecule has 6 nitrogen and oxygen atoms in total. The van der Waals surface area contributed by atoms with E-state index in [1.54, 1.807) is 23.6 Å². The Kier molecular flexibility index (Phi) is 6.25. The van der Waals surface area contributed by atoms with Crippen LogP contribution in [-0.2, 0) is 11.8 Å². The maximum atomic E-state index is 12.5. The van der Waals surface area contributed by atoms with Crippen molar-refractivity contribution in [1.82, 2.24) is 14.8 Å². The van der Waals surface area contributed by atoms with E-state index < -0.39 is 11.9 Å². The Balaban J connectivity index is 1.70. The van der Waals surface area contributed by atoms with E-state index >= 15 is 0 Å². The molecule has 9 heteroatoms. The SMILES string of the molecule is C[C@@H](Sc1nnc(-c2ccccc2)n1C)C(=O)Nc1ccccc1OC(F)F. The summed E-state index contributed by atoms with van der Waals surface area (Å²) in [5.41, 5.74) is 1.10. The Morgan fingerprint density at radius 2 is 1.79 bits per heavy atom. The first-order valence-electron chi connectivity index (χ1n) is 8.42. The van der Waals surface area contributed by atoms with E-state index in [1.165, 1.54) is 23.9 Å². The third-order valence-electron chi connectivity index (χ3n) is 3.88. The van der Waals surface area contributed by atoms with E-state index in [1.807, 2.05) is 37.4 Å². The lowest BCUT2D eigenvalue weighted by atomic mass is 10.2. The summed E-state index contributed by atoms with van der Waals surface area (Å²) in [6, 6.07) is 15.6. The summed E-state index contributed by atoms with van der Waals surface area (Å²) in [7, 11) is 1.82. The number of thioether (sulfide) groups is 1. The van der Waals surface area contributed by atoms with Gasteiger partial charge in [-0.25, -0.2) is 0 Å². The molecule has 28 heavy (non-hydrogen) atoms. The van der Waals surface area contributed by atoms with E-state index in [-0.39, 0.29) is 17.3 Å². The summed E-state index contributed by atoms with van der Waals surface area (Å²) in [4.78, 5) is 12.5. The minimum absolute atomic E-state index is 0.0897. The smallest absolute Gasteiger partial charge is 0.387 e. The van der Waals surface area contributed by atoms with Gasteiger partial charge in [0.2, 0.25) is 5.91 Å².